The normalized spacial score (nSPS) is 9.56. The van der Waals surface area contributed by atoms with Gasteiger partial charge in [0.15, 0.2) is 0 Å². The fraction of sp³-hybridized carbons (Fsp3) is 0. The van der Waals surface area contributed by atoms with Gasteiger partial charge in [0.2, 0.25) is 0 Å². The predicted octanol–water partition coefficient (Wildman–Crippen LogP) is 0.791. The summed E-state index contributed by atoms with van der Waals surface area (Å²) in [6.45, 7) is 0. The van der Waals surface area contributed by atoms with Gasteiger partial charge in [0, 0.05) is 3.57 Å². The van der Waals surface area contributed by atoms with E-state index in [9.17, 15) is 0 Å². The lowest BCUT2D eigenvalue weighted by Gasteiger charge is -1.95. The summed E-state index contributed by atoms with van der Waals surface area (Å²) in [5, 5.41) is 9.73. The predicted molar refractivity (Wildman–Crippen MR) is 46.2 cm³/mol. The van der Waals surface area contributed by atoms with Crippen molar-refractivity contribution in [1.29, 1.82) is 0 Å². The monoisotopic (exact) mass is 247 g/mol. The SMILES string of the molecule is Oc1ccc(I)cc1[Si]. The molecule has 0 heterocycles. The molecule has 0 aromatic heterocycles. The smallest absolute Gasteiger partial charge is 0.114 e. The number of halogens is 1. The summed E-state index contributed by atoms with van der Waals surface area (Å²) < 4.78 is 1.11. The first-order chi connectivity index (χ1) is 4.20. The first-order valence-electron chi connectivity index (χ1n) is 2.40. The van der Waals surface area contributed by atoms with Gasteiger partial charge < -0.3 is 5.11 Å². The van der Waals surface area contributed by atoms with Crippen LogP contribution in [0, 0.1) is 3.57 Å². The molecule has 0 unspecified atom stereocenters. The van der Waals surface area contributed by atoms with Crippen LogP contribution in [0.3, 0.4) is 0 Å². The van der Waals surface area contributed by atoms with Crippen LogP contribution < -0.4 is 5.19 Å². The lowest BCUT2D eigenvalue weighted by atomic mass is 10.3. The summed E-state index contributed by atoms with van der Waals surface area (Å²) in [6.07, 6.45) is 0. The zero-order chi connectivity index (χ0) is 6.85. The van der Waals surface area contributed by atoms with Gasteiger partial charge in [-0.1, -0.05) is 0 Å². The summed E-state index contributed by atoms with van der Waals surface area (Å²) in [7, 11) is 3.24. The van der Waals surface area contributed by atoms with Gasteiger partial charge >= 0.3 is 0 Å². The Hall–Kier alpha value is -0.0331. The Morgan fingerprint density at radius 3 is 2.56 bits per heavy atom. The Kier molecular flexibility index (Phi) is 2.12. The van der Waals surface area contributed by atoms with Crippen molar-refractivity contribution in [2.75, 3.05) is 0 Å². The summed E-state index contributed by atoms with van der Waals surface area (Å²) in [6, 6.07) is 5.36. The molecule has 0 bridgehead atoms. The molecule has 0 atom stereocenters. The first-order valence-corrected chi connectivity index (χ1v) is 3.98. The third kappa shape index (κ3) is 1.69. The first kappa shape index (κ1) is 7.08. The topological polar surface area (TPSA) is 20.2 Å². The summed E-state index contributed by atoms with van der Waals surface area (Å²) in [5.41, 5.74) is 0. The van der Waals surface area contributed by atoms with E-state index in [0.29, 0.717) is 0 Å². The van der Waals surface area contributed by atoms with Crippen molar-refractivity contribution >= 4 is 38.0 Å². The van der Waals surface area contributed by atoms with E-state index < -0.39 is 0 Å². The molecule has 0 saturated heterocycles. The lowest BCUT2D eigenvalue weighted by molar-refractivity contribution is 0.479. The average Bonchev–Trinajstić information content (AvgIpc) is 1.80. The Morgan fingerprint density at radius 2 is 2.11 bits per heavy atom. The third-order valence-corrected chi connectivity index (χ3v) is 2.03. The summed E-state index contributed by atoms with van der Waals surface area (Å²) in [4.78, 5) is 0. The highest BCUT2D eigenvalue weighted by Crippen LogP contribution is 2.07. The van der Waals surface area contributed by atoms with Crippen LogP contribution in [0.15, 0.2) is 18.2 Å². The number of aromatic hydroxyl groups is 1. The molecule has 45 valence electrons. The van der Waals surface area contributed by atoms with E-state index in [1.165, 1.54) is 0 Å². The third-order valence-electron chi connectivity index (χ3n) is 0.959. The Morgan fingerprint density at radius 1 is 1.44 bits per heavy atom. The zero-order valence-electron chi connectivity index (χ0n) is 4.56. The van der Waals surface area contributed by atoms with Gasteiger partial charge in [0.25, 0.3) is 0 Å². The second-order valence-electron chi connectivity index (χ2n) is 1.66. The minimum absolute atomic E-state index is 0.284. The van der Waals surface area contributed by atoms with Crippen LogP contribution >= 0.6 is 22.6 Å². The van der Waals surface area contributed by atoms with Gasteiger partial charge in [0.05, 0.1) is 10.2 Å². The highest BCUT2D eigenvalue weighted by Gasteiger charge is 1.92. The number of phenolic OH excluding ortho intramolecular Hbond substituents is 1. The van der Waals surface area contributed by atoms with Gasteiger partial charge in [-0.05, 0) is 46.0 Å². The van der Waals surface area contributed by atoms with Crippen LogP contribution in [0.4, 0.5) is 0 Å². The highest BCUT2D eigenvalue weighted by atomic mass is 127. The van der Waals surface area contributed by atoms with Gasteiger partial charge in [-0.2, -0.15) is 0 Å². The summed E-state index contributed by atoms with van der Waals surface area (Å²) >= 11 is 2.18. The van der Waals surface area contributed by atoms with E-state index in [1.54, 1.807) is 6.07 Å². The Balaban J connectivity index is 3.17. The number of phenols is 1. The van der Waals surface area contributed by atoms with Crippen LogP contribution in [0.5, 0.6) is 5.75 Å². The fourth-order valence-corrected chi connectivity index (χ4v) is 1.53. The molecule has 9 heavy (non-hydrogen) atoms. The van der Waals surface area contributed by atoms with Crippen LogP contribution in [0.25, 0.3) is 0 Å². The average molecular weight is 247 g/mol. The maximum absolute atomic E-state index is 8.99. The number of benzene rings is 1. The highest BCUT2D eigenvalue weighted by molar-refractivity contribution is 14.1. The summed E-state index contributed by atoms with van der Waals surface area (Å²) in [5.74, 6) is 0.284. The van der Waals surface area contributed by atoms with Crippen molar-refractivity contribution < 1.29 is 5.11 Å². The van der Waals surface area contributed by atoms with Crippen LogP contribution in [0.2, 0.25) is 0 Å². The fourth-order valence-electron chi connectivity index (χ4n) is 0.508. The quantitative estimate of drug-likeness (QED) is 0.531. The maximum atomic E-state index is 8.99. The number of rotatable bonds is 0. The van der Waals surface area contributed by atoms with Crippen molar-refractivity contribution in [3.05, 3.63) is 21.8 Å². The van der Waals surface area contributed by atoms with E-state index >= 15 is 0 Å². The van der Waals surface area contributed by atoms with Gasteiger partial charge in [-0.25, -0.2) is 0 Å². The van der Waals surface area contributed by atoms with Crippen LogP contribution in [0.1, 0.15) is 0 Å². The molecule has 1 aromatic carbocycles. The molecular formula is C6H4IOSi. The molecule has 3 radical (unpaired) electrons. The van der Waals surface area contributed by atoms with Crippen molar-refractivity contribution in [3.8, 4) is 5.75 Å². The van der Waals surface area contributed by atoms with E-state index in [0.717, 1.165) is 8.76 Å². The van der Waals surface area contributed by atoms with Crippen molar-refractivity contribution in [3.63, 3.8) is 0 Å². The Bertz CT molecular complexity index is 224. The minimum atomic E-state index is 0.284. The molecule has 0 aliphatic rings. The van der Waals surface area contributed by atoms with E-state index in [4.69, 9.17) is 5.11 Å². The second kappa shape index (κ2) is 2.70. The minimum Gasteiger partial charge on any atom is -0.508 e. The van der Waals surface area contributed by atoms with Crippen molar-refractivity contribution in [2.24, 2.45) is 0 Å². The van der Waals surface area contributed by atoms with Crippen molar-refractivity contribution in [2.45, 2.75) is 0 Å². The Labute approximate surface area is 70.7 Å². The van der Waals surface area contributed by atoms with Crippen LogP contribution in [-0.4, -0.2) is 15.3 Å². The molecule has 1 aromatic rings. The zero-order valence-corrected chi connectivity index (χ0v) is 7.71. The number of hydrogen-bond donors (Lipinski definition) is 1. The van der Waals surface area contributed by atoms with Crippen LogP contribution in [-0.2, 0) is 0 Å². The maximum Gasteiger partial charge on any atom is 0.114 e. The molecule has 0 saturated carbocycles. The molecule has 1 nitrogen and oxygen atoms in total. The van der Waals surface area contributed by atoms with E-state index in [-0.39, 0.29) is 5.75 Å². The standard InChI is InChI=1S/C6H4IOSi/c7-4-1-2-5(8)6(9)3-4/h1-3,8H. The molecule has 0 spiro atoms. The molecule has 1 N–H and O–H groups in total. The van der Waals surface area contributed by atoms with Crippen molar-refractivity contribution in [1.82, 2.24) is 0 Å². The van der Waals surface area contributed by atoms with E-state index in [2.05, 4.69) is 32.8 Å². The molecule has 0 aliphatic carbocycles. The number of hydrogen-bond acceptors (Lipinski definition) is 1. The molecule has 1 rings (SSSR count). The molecule has 0 fully saturated rings. The molecule has 3 heteroatoms. The second-order valence-corrected chi connectivity index (χ2v) is 3.45. The van der Waals surface area contributed by atoms with Gasteiger partial charge in [-0.15, -0.1) is 0 Å². The van der Waals surface area contributed by atoms with Gasteiger partial charge in [0.1, 0.15) is 5.75 Å². The van der Waals surface area contributed by atoms with E-state index in [1.807, 2.05) is 12.1 Å². The molecular weight excluding hydrogens is 243 g/mol. The molecule has 0 amide bonds. The lowest BCUT2D eigenvalue weighted by Crippen LogP contribution is -2.01. The molecule has 0 aliphatic heterocycles. The van der Waals surface area contributed by atoms with Gasteiger partial charge in [-0.3, -0.25) is 0 Å². The largest absolute Gasteiger partial charge is 0.508 e.